The summed E-state index contributed by atoms with van der Waals surface area (Å²) in [5.74, 6) is 0.839. The maximum Gasteiger partial charge on any atom is 0.0401 e. The van der Waals surface area contributed by atoms with E-state index in [2.05, 4.69) is 41.4 Å². The summed E-state index contributed by atoms with van der Waals surface area (Å²) in [6, 6.07) is 9.59. The molecule has 1 saturated heterocycles. The van der Waals surface area contributed by atoms with Gasteiger partial charge in [0.05, 0.1) is 0 Å². The van der Waals surface area contributed by atoms with E-state index >= 15 is 0 Å². The first kappa shape index (κ1) is 10.2. The van der Waals surface area contributed by atoms with Crippen LogP contribution in [0.4, 0.5) is 5.69 Å². The Bertz CT molecular complexity index is 371. The number of aryl methyl sites for hydroxylation is 1. The van der Waals surface area contributed by atoms with Crippen LogP contribution in [-0.4, -0.2) is 25.7 Å². The van der Waals surface area contributed by atoms with Crippen LogP contribution in [-0.2, 0) is 6.42 Å². The van der Waals surface area contributed by atoms with Gasteiger partial charge in [-0.1, -0.05) is 18.2 Å². The van der Waals surface area contributed by atoms with E-state index in [9.17, 15) is 0 Å². The molecule has 16 heavy (non-hydrogen) atoms. The van der Waals surface area contributed by atoms with E-state index in [1.807, 2.05) is 0 Å². The van der Waals surface area contributed by atoms with Gasteiger partial charge in [-0.25, -0.2) is 0 Å². The molecule has 0 aliphatic carbocycles. The van der Waals surface area contributed by atoms with Crippen molar-refractivity contribution < 1.29 is 0 Å². The van der Waals surface area contributed by atoms with Crippen molar-refractivity contribution in [1.82, 2.24) is 5.32 Å². The van der Waals surface area contributed by atoms with Crippen LogP contribution >= 0.6 is 0 Å². The zero-order valence-electron chi connectivity index (χ0n) is 9.95. The molecular weight excluding hydrogens is 196 g/mol. The van der Waals surface area contributed by atoms with Crippen molar-refractivity contribution >= 4 is 5.69 Å². The van der Waals surface area contributed by atoms with Gasteiger partial charge in [-0.15, -0.1) is 0 Å². The third kappa shape index (κ3) is 1.61. The molecule has 0 saturated carbocycles. The minimum Gasteiger partial charge on any atom is -0.368 e. The first-order valence-electron chi connectivity index (χ1n) is 6.41. The molecule has 0 aromatic heterocycles. The van der Waals surface area contributed by atoms with Crippen molar-refractivity contribution in [2.45, 2.75) is 25.8 Å². The van der Waals surface area contributed by atoms with Crippen LogP contribution in [0.5, 0.6) is 0 Å². The molecule has 0 bridgehead atoms. The van der Waals surface area contributed by atoms with E-state index in [0.717, 1.165) is 5.92 Å². The quantitative estimate of drug-likeness (QED) is 0.814. The SMILES string of the molecule is CC(C1CNC1)N1CCCc2ccccc21. The molecule has 2 aliphatic heterocycles. The van der Waals surface area contributed by atoms with Crippen molar-refractivity contribution in [1.29, 1.82) is 0 Å². The average Bonchev–Trinajstić information content (AvgIpc) is 2.26. The van der Waals surface area contributed by atoms with E-state index in [1.54, 1.807) is 0 Å². The van der Waals surface area contributed by atoms with Crippen LogP contribution < -0.4 is 10.2 Å². The predicted molar refractivity (Wildman–Crippen MR) is 67.9 cm³/mol. The van der Waals surface area contributed by atoms with Crippen LogP contribution in [0.15, 0.2) is 24.3 Å². The molecule has 2 aliphatic rings. The van der Waals surface area contributed by atoms with E-state index in [4.69, 9.17) is 0 Å². The normalized spacial score (nSPS) is 22.4. The zero-order valence-corrected chi connectivity index (χ0v) is 9.95. The minimum absolute atomic E-state index is 0.683. The van der Waals surface area contributed by atoms with Crippen molar-refractivity contribution in [3.05, 3.63) is 29.8 Å². The number of fused-ring (bicyclic) bond motifs is 1. The summed E-state index contributed by atoms with van der Waals surface area (Å²) in [6.45, 7) is 6.00. The third-order valence-electron chi connectivity index (χ3n) is 4.13. The monoisotopic (exact) mass is 216 g/mol. The lowest BCUT2D eigenvalue weighted by atomic mass is 9.91. The number of rotatable bonds is 2. The summed E-state index contributed by atoms with van der Waals surface area (Å²) in [5.41, 5.74) is 3.01. The molecule has 1 aromatic rings. The Morgan fingerprint density at radius 2 is 2.12 bits per heavy atom. The smallest absolute Gasteiger partial charge is 0.0401 e. The number of anilines is 1. The van der Waals surface area contributed by atoms with Gasteiger partial charge >= 0.3 is 0 Å². The summed E-state index contributed by atoms with van der Waals surface area (Å²) in [6.07, 6.45) is 2.56. The molecule has 1 atom stereocenters. The lowest BCUT2D eigenvalue weighted by Gasteiger charge is -2.43. The Balaban J connectivity index is 1.86. The van der Waals surface area contributed by atoms with Gasteiger partial charge in [0.15, 0.2) is 0 Å². The first-order valence-corrected chi connectivity index (χ1v) is 6.41. The number of nitrogens with one attached hydrogen (secondary N) is 1. The highest BCUT2D eigenvalue weighted by Crippen LogP contribution is 2.30. The van der Waals surface area contributed by atoms with Gasteiger partial charge in [0.2, 0.25) is 0 Å². The molecule has 1 N–H and O–H groups in total. The lowest BCUT2D eigenvalue weighted by molar-refractivity contribution is 0.289. The molecule has 1 aromatic carbocycles. The zero-order chi connectivity index (χ0) is 11.0. The molecule has 2 nitrogen and oxygen atoms in total. The van der Waals surface area contributed by atoms with Crippen molar-refractivity contribution in [3.8, 4) is 0 Å². The Labute approximate surface area is 97.6 Å². The second-order valence-corrected chi connectivity index (χ2v) is 5.08. The summed E-state index contributed by atoms with van der Waals surface area (Å²) in [4.78, 5) is 2.62. The molecule has 0 radical (unpaired) electrons. The number of hydrogen-bond donors (Lipinski definition) is 1. The standard InChI is InChI=1S/C14H20N2/c1-11(13-9-15-10-13)16-8-4-6-12-5-2-3-7-14(12)16/h2-3,5,7,11,13,15H,4,6,8-10H2,1H3. The molecule has 1 fully saturated rings. The van der Waals surface area contributed by atoms with E-state index in [0.29, 0.717) is 6.04 Å². The van der Waals surface area contributed by atoms with E-state index < -0.39 is 0 Å². The van der Waals surface area contributed by atoms with Gasteiger partial charge in [-0.3, -0.25) is 0 Å². The number of nitrogens with zero attached hydrogens (tertiary/aromatic N) is 1. The molecule has 3 rings (SSSR count). The molecular formula is C14H20N2. The van der Waals surface area contributed by atoms with E-state index in [1.165, 1.54) is 43.7 Å². The first-order chi connectivity index (χ1) is 7.86. The molecule has 86 valence electrons. The van der Waals surface area contributed by atoms with Crippen LogP contribution in [0.25, 0.3) is 0 Å². The van der Waals surface area contributed by atoms with Gasteiger partial charge in [0.1, 0.15) is 0 Å². The van der Waals surface area contributed by atoms with Crippen molar-refractivity contribution in [2.75, 3.05) is 24.5 Å². The second-order valence-electron chi connectivity index (χ2n) is 5.08. The lowest BCUT2D eigenvalue weighted by Crippen LogP contribution is -2.54. The fourth-order valence-corrected chi connectivity index (χ4v) is 2.89. The van der Waals surface area contributed by atoms with Crippen LogP contribution in [0.1, 0.15) is 18.9 Å². The predicted octanol–water partition coefficient (Wildman–Crippen LogP) is 2.05. The fourth-order valence-electron chi connectivity index (χ4n) is 2.89. The van der Waals surface area contributed by atoms with E-state index in [-0.39, 0.29) is 0 Å². The van der Waals surface area contributed by atoms with Crippen LogP contribution in [0.2, 0.25) is 0 Å². The third-order valence-corrected chi connectivity index (χ3v) is 4.13. The molecule has 2 heteroatoms. The minimum atomic E-state index is 0.683. The van der Waals surface area contributed by atoms with Gasteiger partial charge in [0, 0.05) is 37.3 Å². The van der Waals surface area contributed by atoms with Crippen LogP contribution in [0.3, 0.4) is 0 Å². The largest absolute Gasteiger partial charge is 0.368 e. The Hall–Kier alpha value is -1.02. The second kappa shape index (κ2) is 4.10. The highest BCUT2D eigenvalue weighted by molar-refractivity contribution is 5.56. The van der Waals surface area contributed by atoms with Crippen LogP contribution in [0, 0.1) is 5.92 Å². The van der Waals surface area contributed by atoms with Crippen molar-refractivity contribution in [2.24, 2.45) is 5.92 Å². The molecule has 0 spiro atoms. The maximum absolute atomic E-state index is 3.38. The molecule has 0 amide bonds. The van der Waals surface area contributed by atoms with Gasteiger partial charge in [-0.2, -0.15) is 0 Å². The topological polar surface area (TPSA) is 15.3 Å². The summed E-state index contributed by atoms with van der Waals surface area (Å²) in [7, 11) is 0. The summed E-state index contributed by atoms with van der Waals surface area (Å²) < 4.78 is 0. The highest BCUT2D eigenvalue weighted by atomic mass is 15.2. The average molecular weight is 216 g/mol. The van der Waals surface area contributed by atoms with Crippen molar-refractivity contribution in [3.63, 3.8) is 0 Å². The fraction of sp³-hybridized carbons (Fsp3) is 0.571. The summed E-state index contributed by atoms with van der Waals surface area (Å²) >= 11 is 0. The maximum atomic E-state index is 3.38. The van der Waals surface area contributed by atoms with Gasteiger partial charge in [-0.05, 0) is 31.4 Å². The number of para-hydroxylation sites is 1. The molecule has 1 unspecified atom stereocenters. The highest BCUT2D eigenvalue weighted by Gasteiger charge is 2.30. The number of hydrogen-bond acceptors (Lipinski definition) is 2. The molecule has 2 heterocycles. The van der Waals surface area contributed by atoms with Gasteiger partial charge in [0.25, 0.3) is 0 Å². The Kier molecular flexibility index (Phi) is 2.60. The summed E-state index contributed by atoms with van der Waals surface area (Å²) in [5, 5.41) is 3.38. The van der Waals surface area contributed by atoms with Gasteiger partial charge < -0.3 is 10.2 Å². The Morgan fingerprint density at radius 3 is 2.88 bits per heavy atom. The number of benzene rings is 1. The Morgan fingerprint density at radius 1 is 1.31 bits per heavy atom.